The van der Waals surface area contributed by atoms with Crippen LogP contribution in [-0.2, 0) is 0 Å². The highest BCUT2D eigenvalue weighted by Crippen LogP contribution is 2.25. The van der Waals surface area contributed by atoms with Crippen molar-refractivity contribution >= 4 is 5.78 Å². The van der Waals surface area contributed by atoms with E-state index in [1.54, 1.807) is 12.1 Å². The molecule has 0 amide bonds. The molecule has 2 rings (SSSR count). The van der Waals surface area contributed by atoms with Crippen molar-refractivity contribution in [1.29, 1.82) is 0 Å². The third-order valence-corrected chi connectivity index (χ3v) is 3.06. The number of carbonyl (C=O) groups excluding carboxylic acids is 1. The molecule has 0 aliphatic carbocycles. The highest BCUT2D eigenvalue weighted by Gasteiger charge is 2.20. The summed E-state index contributed by atoms with van der Waals surface area (Å²) in [6.45, 7) is 3.73. The van der Waals surface area contributed by atoms with Crippen molar-refractivity contribution in [3.05, 3.63) is 64.5 Å². The second kappa shape index (κ2) is 5.22. The van der Waals surface area contributed by atoms with E-state index >= 15 is 0 Å². The van der Waals surface area contributed by atoms with Gasteiger partial charge in [-0.05, 0) is 37.6 Å². The fourth-order valence-corrected chi connectivity index (χ4v) is 2.01. The number of halogens is 1. The van der Waals surface area contributed by atoms with Gasteiger partial charge in [0.1, 0.15) is 17.1 Å². The van der Waals surface area contributed by atoms with Crippen LogP contribution < -0.4 is 4.74 Å². The quantitative estimate of drug-likeness (QED) is 0.785. The summed E-state index contributed by atoms with van der Waals surface area (Å²) in [6, 6.07) is 9.92. The maximum Gasteiger partial charge on any atom is 0.200 e. The van der Waals surface area contributed by atoms with Crippen LogP contribution in [0.3, 0.4) is 0 Å². The zero-order valence-corrected chi connectivity index (χ0v) is 11.2. The maximum atomic E-state index is 13.9. The molecule has 0 fully saturated rings. The monoisotopic (exact) mass is 258 g/mol. The number of hydrogen-bond acceptors (Lipinski definition) is 2. The predicted octanol–water partition coefficient (Wildman–Crippen LogP) is 3.68. The Morgan fingerprint density at radius 1 is 1.16 bits per heavy atom. The van der Waals surface area contributed by atoms with Gasteiger partial charge in [-0.3, -0.25) is 4.79 Å². The molecule has 0 saturated carbocycles. The van der Waals surface area contributed by atoms with Crippen LogP contribution in [-0.4, -0.2) is 12.9 Å². The van der Waals surface area contributed by atoms with Gasteiger partial charge in [0.25, 0.3) is 0 Å². The van der Waals surface area contributed by atoms with Gasteiger partial charge in [-0.15, -0.1) is 0 Å². The number of ether oxygens (including phenoxy) is 1. The molecule has 0 aliphatic rings. The lowest BCUT2D eigenvalue weighted by molar-refractivity contribution is 0.103. The molecule has 19 heavy (non-hydrogen) atoms. The normalized spacial score (nSPS) is 10.3. The molecule has 0 aliphatic heterocycles. The molecular weight excluding hydrogens is 243 g/mol. The Labute approximate surface area is 111 Å². The molecule has 0 bridgehead atoms. The van der Waals surface area contributed by atoms with Gasteiger partial charge >= 0.3 is 0 Å². The van der Waals surface area contributed by atoms with Gasteiger partial charge in [0, 0.05) is 5.56 Å². The highest BCUT2D eigenvalue weighted by molar-refractivity contribution is 6.11. The number of methoxy groups -OCH3 is 1. The van der Waals surface area contributed by atoms with Crippen LogP contribution in [0.25, 0.3) is 0 Å². The minimum Gasteiger partial charge on any atom is -0.496 e. The van der Waals surface area contributed by atoms with E-state index in [9.17, 15) is 9.18 Å². The third kappa shape index (κ3) is 2.50. The zero-order chi connectivity index (χ0) is 14.0. The minimum absolute atomic E-state index is 0.0151. The SMILES string of the molecule is COc1cccc(F)c1C(=O)c1cc(C)ccc1C. The second-order valence-electron chi connectivity index (χ2n) is 4.46. The second-order valence-corrected chi connectivity index (χ2v) is 4.46. The van der Waals surface area contributed by atoms with Crippen molar-refractivity contribution in [3.63, 3.8) is 0 Å². The van der Waals surface area contributed by atoms with Crippen LogP contribution in [0.1, 0.15) is 27.0 Å². The lowest BCUT2D eigenvalue weighted by Crippen LogP contribution is -2.08. The minimum atomic E-state index is -0.565. The molecule has 0 N–H and O–H groups in total. The number of hydrogen-bond donors (Lipinski definition) is 0. The van der Waals surface area contributed by atoms with Crippen molar-refractivity contribution in [2.24, 2.45) is 0 Å². The Bertz CT molecular complexity index is 633. The van der Waals surface area contributed by atoms with Crippen molar-refractivity contribution in [1.82, 2.24) is 0 Å². The summed E-state index contributed by atoms with van der Waals surface area (Å²) in [5, 5.41) is 0. The number of rotatable bonds is 3. The van der Waals surface area contributed by atoms with Gasteiger partial charge in [0.05, 0.1) is 7.11 Å². The van der Waals surface area contributed by atoms with E-state index in [1.165, 1.54) is 19.2 Å². The Kier molecular flexibility index (Phi) is 3.65. The van der Waals surface area contributed by atoms with Gasteiger partial charge in [0.2, 0.25) is 0 Å². The topological polar surface area (TPSA) is 26.3 Å². The molecule has 0 aromatic heterocycles. The van der Waals surface area contributed by atoms with E-state index in [1.807, 2.05) is 26.0 Å². The van der Waals surface area contributed by atoms with Crippen LogP contribution in [0.2, 0.25) is 0 Å². The average molecular weight is 258 g/mol. The molecule has 0 unspecified atom stereocenters. The van der Waals surface area contributed by atoms with Crippen molar-refractivity contribution < 1.29 is 13.9 Å². The van der Waals surface area contributed by atoms with Crippen LogP contribution >= 0.6 is 0 Å². The van der Waals surface area contributed by atoms with E-state index in [0.717, 1.165) is 11.1 Å². The Balaban J connectivity index is 2.59. The summed E-state index contributed by atoms with van der Waals surface area (Å²) in [5.74, 6) is -0.660. The van der Waals surface area contributed by atoms with Gasteiger partial charge in [-0.25, -0.2) is 4.39 Å². The van der Waals surface area contributed by atoms with Crippen molar-refractivity contribution in [3.8, 4) is 5.75 Å². The largest absolute Gasteiger partial charge is 0.496 e. The summed E-state index contributed by atoms with van der Waals surface area (Å²) >= 11 is 0. The average Bonchev–Trinajstić information content (AvgIpc) is 2.40. The summed E-state index contributed by atoms with van der Waals surface area (Å²) < 4.78 is 19.0. The van der Waals surface area contributed by atoms with E-state index < -0.39 is 5.82 Å². The van der Waals surface area contributed by atoms with Gasteiger partial charge in [-0.1, -0.05) is 23.8 Å². The number of ketones is 1. The van der Waals surface area contributed by atoms with Crippen LogP contribution in [0.4, 0.5) is 4.39 Å². The summed E-state index contributed by atoms with van der Waals surface area (Å²) in [5.41, 5.74) is 2.27. The number of aryl methyl sites for hydroxylation is 2. The Morgan fingerprint density at radius 2 is 1.89 bits per heavy atom. The highest BCUT2D eigenvalue weighted by atomic mass is 19.1. The lowest BCUT2D eigenvalue weighted by Gasteiger charge is -2.10. The van der Waals surface area contributed by atoms with Crippen molar-refractivity contribution in [2.75, 3.05) is 7.11 Å². The van der Waals surface area contributed by atoms with Gasteiger partial charge in [0.15, 0.2) is 5.78 Å². The first-order valence-electron chi connectivity index (χ1n) is 5.99. The van der Waals surface area contributed by atoms with Gasteiger partial charge in [-0.2, -0.15) is 0 Å². The first kappa shape index (κ1) is 13.3. The summed E-state index contributed by atoms with van der Waals surface area (Å²) in [7, 11) is 1.43. The Hall–Kier alpha value is -2.16. The lowest BCUT2D eigenvalue weighted by atomic mass is 9.96. The molecule has 3 heteroatoms. The molecule has 2 aromatic carbocycles. The van der Waals surface area contributed by atoms with Gasteiger partial charge < -0.3 is 4.74 Å². The zero-order valence-electron chi connectivity index (χ0n) is 11.2. The van der Waals surface area contributed by atoms with Crippen LogP contribution in [0.15, 0.2) is 36.4 Å². The fourth-order valence-electron chi connectivity index (χ4n) is 2.01. The molecule has 0 saturated heterocycles. The molecule has 98 valence electrons. The van der Waals surface area contributed by atoms with E-state index in [0.29, 0.717) is 5.56 Å². The standard InChI is InChI=1S/C16H15FO2/c1-10-7-8-11(2)12(9-10)16(18)15-13(17)5-4-6-14(15)19-3/h4-9H,1-3H3. The fraction of sp³-hybridized carbons (Fsp3) is 0.188. The smallest absolute Gasteiger partial charge is 0.200 e. The Morgan fingerprint density at radius 3 is 2.58 bits per heavy atom. The molecule has 0 radical (unpaired) electrons. The molecule has 0 spiro atoms. The number of carbonyl (C=O) groups is 1. The van der Waals surface area contributed by atoms with Crippen molar-refractivity contribution in [2.45, 2.75) is 13.8 Å². The summed E-state index contributed by atoms with van der Waals surface area (Å²) in [6.07, 6.45) is 0. The van der Waals surface area contributed by atoms with Crippen LogP contribution in [0.5, 0.6) is 5.75 Å². The molecule has 0 heterocycles. The molecule has 0 atom stereocenters. The van der Waals surface area contributed by atoms with E-state index in [2.05, 4.69) is 0 Å². The predicted molar refractivity (Wildman–Crippen MR) is 72.3 cm³/mol. The molecule has 2 nitrogen and oxygen atoms in total. The summed E-state index contributed by atoms with van der Waals surface area (Å²) in [4.78, 5) is 12.5. The third-order valence-electron chi connectivity index (χ3n) is 3.06. The first-order valence-corrected chi connectivity index (χ1v) is 5.99. The number of benzene rings is 2. The maximum absolute atomic E-state index is 13.9. The molecular formula is C16H15FO2. The first-order chi connectivity index (χ1) is 9.04. The molecule has 2 aromatic rings. The van der Waals surface area contributed by atoms with E-state index in [-0.39, 0.29) is 17.1 Å². The van der Waals surface area contributed by atoms with E-state index in [4.69, 9.17) is 4.74 Å². The van der Waals surface area contributed by atoms with Crippen LogP contribution in [0, 0.1) is 19.7 Å².